The molecule has 7 heteroatoms. The molecule has 1 heterocycles. The zero-order valence-corrected chi connectivity index (χ0v) is 11.0. The molecule has 0 fully saturated rings. The molecule has 0 saturated heterocycles. The Labute approximate surface area is 105 Å². The van der Waals surface area contributed by atoms with Gasteiger partial charge in [-0.1, -0.05) is 11.6 Å². The van der Waals surface area contributed by atoms with Crippen LogP contribution in [0.1, 0.15) is 13.8 Å². The topological polar surface area (TPSA) is 53.9 Å². The van der Waals surface area contributed by atoms with Gasteiger partial charge in [0.05, 0.1) is 0 Å². The van der Waals surface area contributed by atoms with E-state index in [-0.39, 0.29) is 10.4 Å². The second kappa shape index (κ2) is 6.18. The molecule has 1 rings (SSSR count). The third-order valence-corrected chi connectivity index (χ3v) is 2.67. The molecule has 0 amide bonds. The molecular weight excluding hydrogens is 249 g/mol. The second-order valence-corrected chi connectivity index (χ2v) is 4.42. The van der Waals surface area contributed by atoms with Crippen molar-refractivity contribution in [2.75, 3.05) is 25.5 Å². The predicted octanol–water partition coefficient (Wildman–Crippen LogP) is 1.93. The SMILES string of the molecule is CC(C)N(C)CCNc1nc(Cl)nnc1Cl. The number of anilines is 1. The van der Waals surface area contributed by atoms with Crippen LogP contribution in [-0.2, 0) is 0 Å². The summed E-state index contributed by atoms with van der Waals surface area (Å²) in [5, 5.41) is 10.6. The molecule has 0 aliphatic carbocycles. The normalized spacial score (nSPS) is 11.2. The van der Waals surface area contributed by atoms with Gasteiger partial charge in [-0.25, -0.2) is 0 Å². The molecule has 0 aliphatic rings. The predicted molar refractivity (Wildman–Crippen MR) is 66.1 cm³/mol. The van der Waals surface area contributed by atoms with Crippen molar-refractivity contribution in [3.63, 3.8) is 0 Å². The number of hydrogen-bond donors (Lipinski definition) is 1. The van der Waals surface area contributed by atoms with Gasteiger partial charge in [0.2, 0.25) is 5.28 Å². The fourth-order valence-corrected chi connectivity index (χ4v) is 1.28. The van der Waals surface area contributed by atoms with Crippen LogP contribution in [0.4, 0.5) is 5.82 Å². The van der Waals surface area contributed by atoms with Crippen LogP contribution in [0.2, 0.25) is 10.4 Å². The van der Waals surface area contributed by atoms with Crippen molar-refractivity contribution in [2.24, 2.45) is 0 Å². The van der Waals surface area contributed by atoms with Crippen LogP contribution in [0.15, 0.2) is 0 Å². The zero-order valence-electron chi connectivity index (χ0n) is 9.54. The van der Waals surface area contributed by atoms with E-state index < -0.39 is 0 Å². The maximum absolute atomic E-state index is 5.80. The van der Waals surface area contributed by atoms with Crippen molar-refractivity contribution in [1.82, 2.24) is 20.1 Å². The largest absolute Gasteiger partial charge is 0.366 e. The van der Waals surface area contributed by atoms with E-state index >= 15 is 0 Å². The maximum atomic E-state index is 5.80. The highest BCUT2D eigenvalue weighted by atomic mass is 35.5. The third kappa shape index (κ3) is 4.08. The Morgan fingerprint density at radius 1 is 1.31 bits per heavy atom. The minimum Gasteiger partial charge on any atom is -0.366 e. The molecule has 1 N–H and O–H groups in total. The summed E-state index contributed by atoms with van der Waals surface area (Å²) in [6.45, 7) is 5.88. The Morgan fingerprint density at radius 2 is 2.00 bits per heavy atom. The minimum atomic E-state index is 0.0871. The van der Waals surface area contributed by atoms with Gasteiger partial charge in [0.15, 0.2) is 11.0 Å². The van der Waals surface area contributed by atoms with Crippen molar-refractivity contribution in [3.8, 4) is 0 Å². The molecule has 0 atom stereocenters. The molecule has 0 bridgehead atoms. The van der Waals surface area contributed by atoms with Gasteiger partial charge in [0, 0.05) is 19.1 Å². The Morgan fingerprint density at radius 3 is 2.62 bits per heavy atom. The van der Waals surface area contributed by atoms with E-state index in [9.17, 15) is 0 Å². The van der Waals surface area contributed by atoms with Crippen molar-refractivity contribution >= 4 is 29.0 Å². The van der Waals surface area contributed by atoms with E-state index in [2.05, 4.69) is 46.3 Å². The van der Waals surface area contributed by atoms with Crippen molar-refractivity contribution in [1.29, 1.82) is 0 Å². The third-order valence-electron chi connectivity index (χ3n) is 2.26. The van der Waals surface area contributed by atoms with Gasteiger partial charge in [-0.15, -0.1) is 10.2 Å². The first-order chi connectivity index (χ1) is 7.50. The highest BCUT2D eigenvalue weighted by Gasteiger charge is 2.06. The van der Waals surface area contributed by atoms with E-state index in [4.69, 9.17) is 23.2 Å². The highest BCUT2D eigenvalue weighted by Crippen LogP contribution is 2.15. The lowest BCUT2D eigenvalue weighted by Gasteiger charge is -2.21. The lowest BCUT2D eigenvalue weighted by Crippen LogP contribution is -2.31. The molecule has 16 heavy (non-hydrogen) atoms. The summed E-state index contributed by atoms with van der Waals surface area (Å²) < 4.78 is 0. The fourth-order valence-electron chi connectivity index (χ4n) is 1.01. The number of nitrogens with one attached hydrogen (secondary N) is 1. The summed E-state index contributed by atoms with van der Waals surface area (Å²) in [5.41, 5.74) is 0. The summed E-state index contributed by atoms with van der Waals surface area (Å²) in [5.74, 6) is 0.471. The zero-order chi connectivity index (χ0) is 12.1. The fraction of sp³-hybridized carbons (Fsp3) is 0.667. The number of nitrogens with zero attached hydrogens (tertiary/aromatic N) is 4. The molecule has 0 radical (unpaired) electrons. The smallest absolute Gasteiger partial charge is 0.245 e. The summed E-state index contributed by atoms with van der Waals surface area (Å²) in [6, 6.07) is 0.504. The van der Waals surface area contributed by atoms with Gasteiger partial charge < -0.3 is 10.2 Å². The number of rotatable bonds is 5. The van der Waals surface area contributed by atoms with Crippen LogP contribution in [0, 0.1) is 0 Å². The second-order valence-electron chi connectivity index (χ2n) is 3.72. The van der Waals surface area contributed by atoms with Crippen LogP contribution in [0.3, 0.4) is 0 Å². The Bertz CT molecular complexity index is 345. The number of likely N-dealkylation sites (N-methyl/N-ethyl adjacent to an activating group) is 1. The highest BCUT2D eigenvalue weighted by molar-refractivity contribution is 6.32. The molecule has 1 aromatic rings. The average molecular weight is 264 g/mol. The van der Waals surface area contributed by atoms with Crippen LogP contribution in [-0.4, -0.2) is 46.3 Å². The van der Waals surface area contributed by atoms with Crippen LogP contribution < -0.4 is 5.32 Å². The van der Waals surface area contributed by atoms with Gasteiger partial charge in [-0.3, -0.25) is 0 Å². The lowest BCUT2D eigenvalue weighted by atomic mass is 10.3. The average Bonchev–Trinajstić information content (AvgIpc) is 2.22. The molecule has 0 unspecified atom stereocenters. The monoisotopic (exact) mass is 263 g/mol. The molecule has 1 aromatic heterocycles. The summed E-state index contributed by atoms with van der Waals surface area (Å²) >= 11 is 11.4. The molecule has 0 spiro atoms. The van der Waals surface area contributed by atoms with Crippen molar-refractivity contribution < 1.29 is 0 Å². The van der Waals surface area contributed by atoms with Crippen molar-refractivity contribution in [2.45, 2.75) is 19.9 Å². The van der Waals surface area contributed by atoms with E-state index in [1.807, 2.05) is 0 Å². The molecule has 0 aliphatic heterocycles. The molecule has 5 nitrogen and oxygen atoms in total. The van der Waals surface area contributed by atoms with Gasteiger partial charge in [0.25, 0.3) is 0 Å². The van der Waals surface area contributed by atoms with E-state index in [1.54, 1.807) is 0 Å². The lowest BCUT2D eigenvalue weighted by molar-refractivity contribution is 0.284. The van der Waals surface area contributed by atoms with Gasteiger partial charge >= 0.3 is 0 Å². The van der Waals surface area contributed by atoms with Gasteiger partial charge in [-0.05, 0) is 32.5 Å². The van der Waals surface area contributed by atoms with E-state index in [1.165, 1.54) is 0 Å². The van der Waals surface area contributed by atoms with Crippen molar-refractivity contribution in [3.05, 3.63) is 10.4 Å². The summed E-state index contributed by atoms with van der Waals surface area (Å²) in [7, 11) is 2.05. The van der Waals surface area contributed by atoms with Crippen LogP contribution in [0.25, 0.3) is 0 Å². The molecule has 0 aromatic carbocycles. The summed E-state index contributed by atoms with van der Waals surface area (Å²) in [6.07, 6.45) is 0. The summed E-state index contributed by atoms with van der Waals surface area (Å²) in [4.78, 5) is 6.15. The Balaban J connectivity index is 2.45. The first-order valence-electron chi connectivity index (χ1n) is 5.00. The molecular formula is C9H15Cl2N5. The van der Waals surface area contributed by atoms with Crippen LogP contribution in [0.5, 0.6) is 0 Å². The van der Waals surface area contributed by atoms with E-state index in [0.29, 0.717) is 11.9 Å². The number of aromatic nitrogens is 3. The number of hydrogen-bond acceptors (Lipinski definition) is 5. The van der Waals surface area contributed by atoms with Gasteiger partial charge in [0.1, 0.15) is 0 Å². The first kappa shape index (κ1) is 13.4. The first-order valence-corrected chi connectivity index (χ1v) is 5.76. The quantitative estimate of drug-likeness (QED) is 0.880. The van der Waals surface area contributed by atoms with Gasteiger partial charge in [-0.2, -0.15) is 4.98 Å². The minimum absolute atomic E-state index is 0.0871. The van der Waals surface area contributed by atoms with E-state index in [0.717, 1.165) is 13.1 Å². The molecule has 90 valence electrons. The Kier molecular flexibility index (Phi) is 5.18. The Hall–Kier alpha value is -0.650. The van der Waals surface area contributed by atoms with Crippen LogP contribution >= 0.6 is 23.2 Å². The maximum Gasteiger partial charge on any atom is 0.245 e. The number of halogens is 2. The molecule has 0 saturated carbocycles. The standard InChI is InChI=1S/C9H15Cl2N5/c1-6(2)16(3)5-4-12-8-7(10)14-15-9(11)13-8/h6H,4-5H2,1-3H3,(H,12,13,15).